The normalized spacial score (nSPS) is 12.6. The molecule has 17 heavy (non-hydrogen) atoms. The molecular weight excluding hydrogens is 282 g/mol. The first-order chi connectivity index (χ1) is 8.22. The molecule has 90 valence electrons. The van der Waals surface area contributed by atoms with Crippen molar-refractivity contribution in [3.05, 3.63) is 34.6 Å². The predicted molar refractivity (Wildman–Crippen MR) is 69.3 cm³/mol. The third-order valence-corrected chi connectivity index (χ3v) is 3.16. The van der Waals surface area contributed by atoms with Gasteiger partial charge in [-0.15, -0.1) is 0 Å². The van der Waals surface area contributed by atoms with Crippen LogP contribution in [0.15, 0.2) is 33.3 Å². The van der Waals surface area contributed by atoms with Crippen LogP contribution in [0.25, 0.3) is 11.4 Å². The molecule has 0 aliphatic rings. The molecule has 0 aliphatic carbocycles. The topological polar surface area (TPSA) is 64.9 Å². The molecule has 0 unspecified atom stereocenters. The lowest BCUT2D eigenvalue weighted by Gasteiger charge is -2.02. The Kier molecular flexibility index (Phi) is 3.91. The molecule has 0 saturated heterocycles. The third-order valence-electron chi connectivity index (χ3n) is 2.47. The standard InChI is InChI=1S/C12H14BrN3O/c1-2-5-10(14)12-15-11(16-17-12)8-6-3-4-7-9(8)13/h3-4,6-7,10H,2,5,14H2,1H3/t10-/m0/s1. The molecule has 0 bridgehead atoms. The molecular formula is C12H14BrN3O. The summed E-state index contributed by atoms with van der Waals surface area (Å²) in [4.78, 5) is 4.33. The Hall–Kier alpha value is -1.20. The maximum absolute atomic E-state index is 5.93. The Morgan fingerprint density at radius 1 is 1.41 bits per heavy atom. The van der Waals surface area contributed by atoms with E-state index in [1.54, 1.807) is 0 Å². The molecule has 0 spiro atoms. The van der Waals surface area contributed by atoms with Crippen LogP contribution in [0, 0.1) is 0 Å². The number of aromatic nitrogens is 2. The molecule has 1 heterocycles. The first-order valence-electron chi connectivity index (χ1n) is 5.56. The summed E-state index contributed by atoms with van der Waals surface area (Å²) in [6, 6.07) is 7.57. The zero-order chi connectivity index (χ0) is 12.3. The average Bonchev–Trinajstić information content (AvgIpc) is 2.79. The molecule has 0 saturated carbocycles. The molecule has 2 N–H and O–H groups in total. The summed E-state index contributed by atoms with van der Waals surface area (Å²) in [6.45, 7) is 2.07. The van der Waals surface area contributed by atoms with Gasteiger partial charge in [-0.1, -0.05) is 46.6 Å². The van der Waals surface area contributed by atoms with Gasteiger partial charge in [-0.3, -0.25) is 0 Å². The first-order valence-corrected chi connectivity index (χ1v) is 6.35. The van der Waals surface area contributed by atoms with Gasteiger partial charge in [-0.25, -0.2) is 0 Å². The Bertz CT molecular complexity index is 498. The minimum absolute atomic E-state index is 0.177. The quantitative estimate of drug-likeness (QED) is 0.940. The largest absolute Gasteiger partial charge is 0.337 e. The van der Waals surface area contributed by atoms with E-state index in [0.717, 1.165) is 22.9 Å². The first kappa shape index (κ1) is 12.3. The monoisotopic (exact) mass is 295 g/mol. The van der Waals surface area contributed by atoms with E-state index < -0.39 is 0 Å². The van der Waals surface area contributed by atoms with Crippen molar-refractivity contribution in [2.75, 3.05) is 0 Å². The fourth-order valence-corrected chi connectivity index (χ4v) is 2.03. The fraction of sp³-hybridized carbons (Fsp3) is 0.333. The van der Waals surface area contributed by atoms with Gasteiger partial charge in [-0.2, -0.15) is 4.98 Å². The Labute approximate surface area is 108 Å². The summed E-state index contributed by atoms with van der Waals surface area (Å²) in [6.07, 6.45) is 1.84. The van der Waals surface area contributed by atoms with Crippen LogP contribution in [-0.2, 0) is 0 Å². The van der Waals surface area contributed by atoms with Gasteiger partial charge in [0, 0.05) is 10.0 Å². The molecule has 1 aromatic heterocycles. The van der Waals surface area contributed by atoms with E-state index in [0.29, 0.717) is 11.7 Å². The lowest BCUT2D eigenvalue weighted by Crippen LogP contribution is -2.09. The average molecular weight is 296 g/mol. The molecule has 0 fully saturated rings. The van der Waals surface area contributed by atoms with E-state index in [1.807, 2.05) is 24.3 Å². The van der Waals surface area contributed by atoms with Crippen LogP contribution in [0.1, 0.15) is 31.7 Å². The minimum atomic E-state index is -0.177. The zero-order valence-corrected chi connectivity index (χ0v) is 11.1. The second-order valence-electron chi connectivity index (χ2n) is 3.83. The van der Waals surface area contributed by atoms with Gasteiger partial charge >= 0.3 is 0 Å². The number of nitrogens with zero attached hydrogens (tertiary/aromatic N) is 2. The Morgan fingerprint density at radius 2 is 2.18 bits per heavy atom. The molecule has 5 heteroatoms. The maximum atomic E-state index is 5.93. The molecule has 0 aliphatic heterocycles. The summed E-state index contributed by atoms with van der Waals surface area (Å²) in [7, 11) is 0. The van der Waals surface area contributed by atoms with Crippen LogP contribution in [0.4, 0.5) is 0 Å². The molecule has 1 atom stereocenters. The second-order valence-corrected chi connectivity index (χ2v) is 4.69. The smallest absolute Gasteiger partial charge is 0.243 e. The van der Waals surface area contributed by atoms with E-state index in [4.69, 9.17) is 10.3 Å². The lowest BCUT2D eigenvalue weighted by molar-refractivity contribution is 0.348. The van der Waals surface area contributed by atoms with Crippen molar-refractivity contribution in [3.63, 3.8) is 0 Å². The van der Waals surface area contributed by atoms with Crippen molar-refractivity contribution >= 4 is 15.9 Å². The van der Waals surface area contributed by atoms with Gasteiger partial charge in [0.25, 0.3) is 0 Å². The zero-order valence-electron chi connectivity index (χ0n) is 9.56. The van der Waals surface area contributed by atoms with Crippen LogP contribution < -0.4 is 5.73 Å². The molecule has 0 radical (unpaired) electrons. The second kappa shape index (κ2) is 5.42. The Morgan fingerprint density at radius 3 is 2.88 bits per heavy atom. The van der Waals surface area contributed by atoms with Crippen LogP contribution in [0.2, 0.25) is 0 Å². The van der Waals surface area contributed by atoms with Crippen LogP contribution in [-0.4, -0.2) is 10.1 Å². The lowest BCUT2D eigenvalue weighted by atomic mass is 10.2. The summed E-state index contributed by atoms with van der Waals surface area (Å²) in [5, 5.41) is 3.95. The number of nitrogens with two attached hydrogens (primary N) is 1. The highest BCUT2D eigenvalue weighted by Gasteiger charge is 2.15. The van der Waals surface area contributed by atoms with Crippen molar-refractivity contribution in [2.24, 2.45) is 5.73 Å². The number of benzene rings is 1. The molecule has 2 rings (SSSR count). The maximum Gasteiger partial charge on any atom is 0.243 e. The van der Waals surface area contributed by atoms with Gasteiger partial charge in [-0.05, 0) is 18.6 Å². The summed E-state index contributed by atoms with van der Waals surface area (Å²) < 4.78 is 6.12. The van der Waals surface area contributed by atoms with E-state index >= 15 is 0 Å². The highest BCUT2D eigenvalue weighted by molar-refractivity contribution is 9.10. The molecule has 1 aromatic carbocycles. The highest BCUT2D eigenvalue weighted by Crippen LogP contribution is 2.26. The molecule has 2 aromatic rings. The summed E-state index contributed by atoms with van der Waals surface area (Å²) in [5.74, 6) is 1.07. The van der Waals surface area contributed by atoms with Crippen molar-refractivity contribution in [1.29, 1.82) is 0 Å². The van der Waals surface area contributed by atoms with E-state index in [-0.39, 0.29) is 6.04 Å². The fourth-order valence-electron chi connectivity index (χ4n) is 1.57. The van der Waals surface area contributed by atoms with Crippen LogP contribution in [0.3, 0.4) is 0 Å². The number of hydrogen-bond acceptors (Lipinski definition) is 4. The van der Waals surface area contributed by atoms with Gasteiger partial charge in [0.15, 0.2) is 0 Å². The van der Waals surface area contributed by atoms with Gasteiger partial charge in [0.05, 0.1) is 6.04 Å². The number of hydrogen-bond donors (Lipinski definition) is 1. The highest BCUT2D eigenvalue weighted by atomic mass is 79.9. The Balaban J connectivity index is 2.27. The van der Waals surface area contributed by atoms with Crippen molar-refractivity contribution in [3.8, 4) is 11.4 Å². The predicted octanol–water partition coefficient (Wildman–Crippen LogP) is 3.30. The number of rotatable bonds is 4. The minimum Gasteiger partial charge on any atom is -0.337 e. The van der Waals surface area contributed by atoms with Crippen LogP contribution in [0.5, 0.6) is 0 Å². The van der Waals surface area contributed by atoms with E-state index in [9.17, 15) is 0 Å². The van der Waals surface area contributed by atoms with Crippen molar-refractivity contribution in [2.45, 2.75) is 25.8 Å². The van der Waals surface area contributed by atoms with Gasteiger partial charge < -0.3 is 10.3 Å². The van der Waals surface area contributed by atoms with Crippen molar-refractivity contribution < 1.29 is 4.52 Å². The van der Waals surface area contributed by atoms with Crippen molar-refractivity contribution in [1.82, 2.24) is 10.1 Å². The third kappa shape index (κ3) is 2.73. The van der Waals surface area contributed by atoms with E-state index in [1.165, 1.54) is 0 Å². The van der Waals surface area contributed by atoms with E-state index in [2.05, 4.69) is 33.0 Å². The molecule has 0 amide bonds. The van der Waals surface area contributed by atoms with Crippen LogP contribution >= 0.6 is 15.9 Å². The number of halogens is 1. The van der Waals surface area contributed by atoms with Gasteiger partial charge in [0.1, 0.15) is 0 Å². The summed E-state index contributed by atoms with van der Waals surface area (Å²) >= 11 is 3.46. The molecule has 4 nitrogen and oxygen atoms in total. The SMILES string of the molecule is CCC[C@H](N)c1nc(-c2ccccc2Br)no1. The van der Waals surface area contributed by atoms with Gasteiger partial charge in [0.2, 0.25) is 11.7 Å². The summed E-state index contributed by atoms with van der Waals surface area (Å²) in [5.41, 5.74) is 6.84.